The quantitative estimate of drug-likeness (QED) is 0.681. The second kappa shape index (κ2) is 7.14. The molecule has 0 aliphatic carbocycles. The van der Waals surface area contributed by atoms with Gasteiger partial charge in [-0.1, -0.05) is 34.6 Å². The van der Waals surface area contributed by atoms with Crippen LogP contribution in [0.4, 0.5) is 0 Å². The van der Waals surface area contributed by atoms with Crippen molar-refractivity contribution >= 4 is 0 Å². The molecular weight excluding hydrogens is 320 g/mol. The lowest BCUT2D eigenvalue weighted by molar-refractivity contribution is 0.192. The van der Waals surface area contributed by atoms with Crippen molar-refractivity contribution in [3.63, 3.8) is 0 Å². The lowest BCUT2D eigenvalue weighted by Crippen LogP contribution is -2.00. The summed E-state index contributed by atoms with van der Waals surface area (Å²) < 4.78 is 16.0. The van der Waals surface area contributed by atoms with Gasteiger partial charge in [0.1, 0.15) is 0 Å². The van der Waals surface area contributed by atoms with Crippen molar-refractivity contribution in [2.24, 2.45) is 0 Å². The maximum Gasteiger partial charge on any atom is 0.226 e. The highest BCUT2D eigenvalue weighted by atomic mass is 16.5. The number of rotatable bonds is 6. The molecule has 1 fully saturated rings. The van der Waals surface area contributed by atoms with E-state index in [-0.39, 0.29) is 5.92 Å². The fourth-order valence-electron chi connectivity index (χ4n) is 2.95. The van der Waals surface area contributed by atoms with Crippen molar-refractivity contribution < 1.29 is 13.8 Å². The molecule has 130 valence electrons. The van der Waals surface area contributed by atoms with Gasteiger partial charge in [-0.05, 0) is 25.3 Å². The van der Waals surface area contributed by atoms with E-state index in [9.17, 15) is 0 Å². The standard InChI is InChI=1S/C18H20N4O3/c1-12-5-2-3-6-14(12)18-20-16(25-22-18)8-4-7-15-19-17(21-24-15)13-9-10-23-11-13/h2-3,5-6,13H,4,7-11H2,1H3/t13-/m0/s1. The first-order chi connectivity index (χ1) is 12.3. The van der Waals surface area contributed by atoms with Crippen LogP contribution in [0.25, 0.3) is 11.4 Å². The molecule has 0 saturated carbocycles. The number of hydrogen-bond donors (Lipinski definition) is 0. The van der Waals surface area contributed by atoms with E-state index in [1.165, 1.54) is 0 Å². The molecule has 1 aliphatic heterocycles. The molecule has 0 radical (unpaired) electrons. The highest BCUT2D eigenvalue weighted by Gasteiger charge is 2.23. The molecule has 1 saturated heterocycles. The van der Waals surface area contributed by atoms with Crippen LogP contribution in [0, 0.1) is 6.92 Å². The number of ether oxygens (including phenoxy) is 1. The van der Waals surface area contributed by atoms with Gasteiger partial charge in [0.15, 0.2) is 5.82 Å². The molecule has 0 N–H and O–H groups in total. The molecule has 25 heavy (non-hydrogen) atoms. The minimum atomic E-state index is 0.269. The monoisotopic (exact) mass is 340 g/mol. The Labute approximate surface area is 145 Å². The minimum absolute atomic E-state index is 0.269. The molecule has 1 atom stereocenters. The van der Waals surface area contributed by atoms with Crippen LogP contribution in [-0.4, -0.2) is 33.5 Å². The van der Waals surface area contributed by atoms with Gasteiger partial charge in [0.2, 0.25) is 17.6 Å². The Morgan fingerprint density at radius 3 is 2.64 bits per heavy atom. The molecule has 0 amide bonds. The van der Waals surface area contributed by atoms with Gasteiger partial charge in [-0.15, -0.1) is 0 Å². The molecule has 2 aromatic heterocycles. The van der Waals surface area contributed by atoms with Crippen molar-refractivity contribution in [1.29, 1.82) is 0 Å². The lowest BCUT2D eigenvalue weighted by Gasteiger charge is -1.98. The zero-order valence-electron chi connectivity index (χ0n) is 14.1. The Bertz CT molecular complexity index is 836. The van der Waals surface area contributed by atoms with Gasteiger partial charge in [-0.25, -0.2) is 0 Å². The van der Waals surface area contributed by atoms with Crippen LogP contribution < -0.4 is 0 Å². The highest BCUT2D eigenvalue weighted by Crippen LogP contribution is 2.23. The average Bonchev–Trinajstić information content (AvgIpc) is 3.37. The lowest BCUT2D eigenvalue weighted by atomic mass is 10.1. The summed E-state index contributed by atoms with van der Waals surface area (Å²) >= 11 is 0. The van der Waals surface area contributed by atoms with E-state index in [1.807, 2.05) is 31.2 Å². The van der Waals surface area contributed by atoms with E-state index in [4.69, 9.17) is 13.8 Å². The largest absolute Gasteiger partial charge is 0.381 e. The molecule has 0 unspecified atom stereocenters. The van der Waals surface area contributed by atoms with E-state index >= 15 is 0 Å². The van der Waals surface area contributed by atoms with Crippen LogP contribution >= 0.6 is 0 Å². The first kappa shape index (κ1) is 16.0. The minimum Gasteiger partial charge on any atom is -0.381 e. The zero-order valence-corrected chi connectivity index (χ0v) is 14.1. The van der Waals surface area contributed by atoms with Crippen molar-refractivity contribution in [2.75, 3.05) is 13.2 Å². The van der Waals surface area contributed by atoms with Crippen LogP contribution in [0.15, 0.2) is 33.3 Å². The maximum atomic E-state index is 5.36. The third-order valence-electron chi connectivity index (χ3n) is 4.41. The Kier molecular flexibility index (Phi) is 4.56. The van der Waals surface area contributed by atoms with Gasteiger partial charge >= 0.3 is 0 Å². The summed E-state index contributed by atoms with van der Waals surface area (Å²) in [6.45, 7) is 3.49. The first-order valence-corrected chi connectivity index (χ1v) is 8.58. The summed E-state index contributed by atoms with van der Waals surface area (Å²) in [6, 6.07) is 8.00. The van der Waals surface area contributed by atoms with Gasteiger partial charge in [-0.3, -0.25) is 0 Å². The van der Waals surface area contributed by atoms with Crippen molar-refractivity contribution in [1.82, 2.24) is 20.3 Å². The van der Waals surface area contributed by atoms with E-state index in [0.29, 0.717) is 37.1 Å². The van der Waals surface area contributed by atoms with Crippen molar-refractivity contribution in [3.05, 3.63) is 47.4 Å². The second-order valence-electron chi connectivity index (χ2n) is 6.29. The number of aryl methyl sites for hydroxylation is 3. The van der Waals surface area contributed by atoms with E-state index in [1.54, 1.807) is 0 Å². The molecule has 0 bridgehead atoms. The van der Waals surface area contributed by atoms with Crippen LogP contribution in [0.2, 0.25) is 0 Å². The van der Waals surface area contributed by atoms with Gasteiger partial charge in [0.25, 0.3) is 0 Å². The van der Waals surface area contributed by atoms with Crippen molar-refractivity contribution in [2.45, 2.75) is 38.5 Å². The molecule has 4 rings (SSSR count). The van der Waals surface area contributed by atoms with Crippen molar-refractivity contribution in [3.8, 4) is 11.4 Å². The second-order valence-corrected chi connectivity index (χ2v) is 6.29. The number of benzene rings is 1. The Morgan fingerprint density at radius 1 is 1.04 bits per heavy atom. The zero-order chi connectivity index (χ0) is 17.1. The number of hydrogen-bond acceptors (Lipinski definition) is 7. The fraction of sp³-hybridized carbons (Fsp3) is 0.444. The van der Waals surface area contributed by atoms with Gasteiger partial charge in [0, 0.05) is 30.9 Å². The van der Waals surface area contributed by atoms with E-state index in [2.05, 4.69) is 20.3 Å². The molecule has 3 heterocycles. The van der Waals surface area contributed by atoms with Gasteiger partial charge in [0.05, 0.1) is 6.61 Å². The summed E-state index contributed by atoms with van der Waals surface area (Å²) in [6.07, 6.45) is 3.16. The summed E-state index contributed by atoms with van der Waals surface area (Å²) in [7, 11) is 0. The van der Waals surface area contributed by atoms with Crippen LogP contribution in [0.3, 0.4) is 0 Å². The highest BCUT2D eigenvalue weighted by molar-refractivity contribution is 5.58. The smallest absolute Gasteiger partial charge is 0.226 e. The summed E-state index contributed by atoms with van der Waals surface area (Å²) in [5.74, 6) is 2.94. The fourth-order valence-corrected chi connectivity index (χ4v) is 2.95. The van der Waals surface area contributed by atoms with Crippen LogP contribution in [0.5, 0.6) is 0 Å². The predicted molar refractivity (Wildman–Crippen MR) is 89.0 cm³/mol. The van der Waals surface area contributed by atoms with Crippen LogP contribution in [-0.2, 0) is 17.6 Å². The van der Waals surface area contributed by atoms with Gasteiger partial charge < -0.3 is 13.8 Å². The summed E-state index contributed by atoms with van der Waals surface area (Å²) in [5.41, 5.74) is 2.13. The third kappa shape index (κ3) is 3.61. The molecular formula is C18H20N4O3. The van der Waals surface area contributed by atoms with Gasteiger partial charge in [-0.2, -0.15) is 9.97 Å². The Hall–Kier alpha value is -2.54. The summed E-state index contributed by atoms with van der Waals surface area (Å²) in [5, 5.41) is 8.14. The molecule has 1 aliphatic rings. The third-order valence-corrected chi connectivity index (χ3v) is 4.41. The molecule has 0 spiro atoms. The maximum absolute atomic E-state index is 5.36. The topological polar surface area (TPSA) is 87.1 Å². The number of nitrogens with zero attached hydrogens (tertiary/aromatic N) is 4. The normalized spacial score (nSPS) is 17.2. The number of aromatic nitrogens is 4. The molecule has 7 nitrogen and oxygen atoms in total. The SMILES string of the molecule is Cc1ccccc1-c1noc(CCCc2nc([C@H]3CCOC3)no2)n1. The Balaban J connectivity index is 1.33. The Morgan fingerprint density at radius 2 is 1.84 bits per heavy atom. The van der Waals surface area contributed by atoms with E-state index < -0.39 is 0 Å². The predicted octanol–water partition coefficient (Wildman–Crippen LogP) is 3.11. The van der Waals surface area contributed by atoms with Crippen LogP contribution in [0.1, 0.15) is 41.9 Å². The van der Waals surface area contributed by atoms with E-state index in [0.717, 1.165) is 36.4 Å². The molecule has 1 aromatic carbocycles. The first-order valence-electron chi connectivity index (χ1n) is 8.58. The molecule has 3 aromatic rings. The molecule has 7 heteroatoms. The summed E-state index contributed by atoms with van der Waals surface area (Å²) in [4.78, 5) is 8.94. The average molecular weight is 340 g/mol.